The van der Waals surface area contributed by atoms with Gasteiger partial charge in [-0.2, -0.15) is 0 Å². The average Bonchev–Trinajstić information content (AvgIpc) is 2.87. The molecule has 2 aliphatic rings. The van der Waals surface area contributed by atoms with Crippen LogP contribution in [0.5, 0.6) is 0 Å². The number of fused-ring (bicyclic) bond motifs is 1. The molecule has 2 nitrogen and oxygen atoms in total. The highest BCUT2D eigenvalue weighted by molar-refractivity contribution is 9.10. The van der Waals surface area contributed by atoms with E-state index in [0.29, 0.717) is 0 Å². The maximum Gasteiger partial charge on any atom is 0.0331 e. The lowest BCUT2D eigenvalue weighted by atomic mass is 9.92. The van der Waals surface area contributed by atoms with E-state index >= 15 is 0 Å². The number of thiophene rings is 1. The van der Waals surface area contributed by atoms with Crippen LogP contribution in [0.1, 0.15) is 17.7 Å². The molecule has 0 aromatic carbocycles. The molecule has 2 atom stereocenters. The largest absolute Gasteiger partial charge is 0.315 e. The Kier molecular flexibility index (Phi) is 3.34. The first-order valence-corrected chi connectivity index (χ1v) is 7.68. The van der Waals surface area contributed by atoms with Crippen LogP contribution in [-0.2, 0) is 6.54 Å². The van der Waals surface area contributed by atoms with E-state index in [9.17, 15) is 0 Å². The van der Waals surface area contributed by atoms with Crippen LogP contribution in [0.3, 0.4) is 0 Å². The van der Waals surface area contributed by atoms with Gasteiger partial charge in [-0.25, -0.2) is 0 Å². The van der Waals surface area contributed by atoms with Gasteiger partial charge in [0.15, 0.2) is 0 Å². The fraction of sp³-hybridized carbons (Fsp3) is 0.667. The zero-order valence-corrected chi connectivity index (χ0v) is 11.7. The predicted octanol–water partition coefficient (Wildman–Crippen LogP) is 2.69. The van der Waals surface area contributed by atoms with Crippen molar-refractivity contribution in [3.8, 4) is 0 Å². The summed E-state index contributed by atoms with van der Waals surface area (Å²) >= 11 is 5.40. The van der Waals surface area contributed by atoms with E-state index in [1.54, 1.807) is 0 Å². The van der Waals surface area contributed by atoms with Crippen LogP contribution in [0, 0.1) is 5.92 Å². The Hall–Kier alpha value is 0.1000. The summed E-state index contributed by atoms with van der Waals surface area (Å²) in [6, 6.07) is 3.05. The lowest BCUT2D eigenvalue weighted by Crippen LogP contribution is -2.44. The van der Waals surface area contributed by atoms with Crippen LogP contribution in [0.25, 0.3) is 0 Å². The van der Waals surface area contributed by atoms with Crippen molar-refractivity contribution in [3.05, 3.63) is 20.8 Å². The molecule has 1 aromatic rings. The van der Waals surface area contributed by atoms with Crippen molar-refractivity contribution in [1.29, 1.82) is 0 Å². The van der Waals surface area contributed by atoms with Crippen molar-refractivity contribution in [3.63, 3.8) is 0 Å². The second-order valence-electron chi connectivity index (χ2n) is 4.83. The normalized spacial score (nSPS) is 30.6. The molecule has 1 N–H and O–H groups in total. The van der Waals surface area contributed by atoms with E-state index < -0.39 is 0 Å². The molecule has 0 saturated carbocycles. The van der Waals surface area contributed by atoms with E-state index in [0.717, 1.165) is 18.5 Å². The molecule has 2 fully saturated rings. The summed E-state index contributed by atoms with van der Waals surface area (Å²) in [7, 11) is 0. The van der Waals surface area contributed by atoms with Gasteiger partial charge in [-0.15, -0.1) is 11.3 Å². The molecule has 1 aromatic heterocycles. The van der Waals surface area contributed by atoms with Gasteiger partial charge in [-0.05, 0) is 53.8 Å². The maximum atomic E-state index is 3.54. The highest BCUT2D eigenvalue weighted by atomic mass is 79.9. The summed E-state index contributed by atoms with van der Waals surface area (Å²) in [6.07, 6.45) is 2.79. The van der Waals surface area contributed by atoms with Gasteiger partial charge in [0.2, 0.25) is 0 Å². The monoisotopic (exact) mass is 300 g/mol. The van der Waals surface area contributed by atoms with Crippen molar-refractivity contribution in [2.75, 3.05) is 19.6 Å². The van der Waals surface area contributed by atoms with Crippen molar-refractivity contribution >= 4 is 27.3 Å². The van der Waals surface area contributed by atoms with Crippen molar-refractivity contribution in [2.24, 2.45) is 5.92 Å². The first kappa shape index (κ1) is 11.2. The number of nitrogens with one attached hydrogen (secondary N) is 1. The highest BCUT2D eigenvalue weighted by Gasteiger charge is 2.34. The number of nitrogens with zero attached hydrogens (tertiary/aromatic N) is 1. The van der Waals surface area contributed by atoms with Gasteiger partial charge in [-0.3, -0.25) is 4.90 Å². The smallest absolute Gasteiger partial charge is 0.0331 e. The third-order valence-corrected chi connectivity index (χ3v) is 5.46. The fourth-order valence-corrected chi connectivity index (χ4v) is 4.47. The number of piperidine rings is 1. The van der Waals surface area contributed by atoms with E-state index in [2.05, 4.69) is 37.6 Å². The number of likely N-dealkylation sites (tertiary alicyclic amines) is 1. The molecule has 2 unspecified atom stereocenters. The summed E-state index contributed by atoms with van der Waals surface area (Å²) in [4.78, 5) is 4.16. The number of hydrogen-bond acceptors (Lipinski definition) is 3. The first-order valence-electron chi connectivity index (χ1n) is 6.00. The minimum absolute atomic E-state index is 0.787. The first-order chi connectivity index (χ1) is 7.83. The molecule has 3 rings (SSSR count). The van der Waals surface area contributed by atoms with Crippen molar-refractivity contribution in [1.82, 2.24) is 10.2 Å². The van der Waals surface area contributed by atoms with E-state index in [-0.39, 0.29) is 0 Å². The third-order valence-electron chi connectivity index (χ3n) is 3.77. The summed E-state index contributed by atoms with van der Waals surface area (Å²) in [6.45, 7) is 4.84. The Morgan fingerprint density at radius 1 is 1.50 bits per heavy atom. The molecule has 4 heteroatoms. The predicted molar refractivity (Wildman–Crippen MR) is 71.8 cm³/mol. The Morgan fingerprint density at radius 2 is 2.44 bits per heavy atom. The highest BCUT2D eigenvalue weighted by Crippen LogP contribution is 2.29. The molecule has 0 spiro atoms. The zero-order valence-electron chi connectivity index (χ0n) is 9.29. The van der Waals surface area contributed by atoms with Gasteiger partial charge in [0.25, 0.3) is 0 Å². The van der Waals surface area contributed by atoms with Crippen LogP contribution in [0.15, 0.2) is 15.9 Å². The number of rotatable bonds is 2. The summed E-state index contributed by atoms with van der Waals surface area (Å²) in [5.74, 6) is 0.900. The van der Waals surface area contributed by atoms with Gasteiger partial charge >= 0.3 is 0 Å². The van der Waals surface area contributed by atoms with Crippen LogP contribution in [0.4, 0.5) is 0 Å². The SMILES string of the molecule is Brc1csc(CN2CCCC3CNCC32)c1. The van der Waals surface area contributed by atoms with Gasteiger partial charge < -0.3 is 5.32 Å². The summed E-state index contributed by atoms with van der Waals surface area (Å²) in [5, 5.41) is 5.72. The van der Waals surface area contributed by atoms with Gasteiger partial charge in [0.1, 0.15) is 0 Å². The number of halogens is 1. The van der Waals surface area contributed by atoms with Crippen LogP contribution >= 0.6 is 27.3 Å². The van der Waals surface area contributed by atoms with Crippen molar-refractivity contribution < 1.29 is 0 Å². The molecule has 2 saturated heterocycles. The standard InChI is InChI=1S/C12H17BrN2S/c13-10-4-11(16-8-10)7-15-3-1-2-9-5-14-6-12(9)15/h4,8-9,12,14H,1-3,5-7H2. The summed E-state index contributed by atoms with van der Waals surface area (Å²) in [5.41, 5.74) is 0. The van der Waals surface area contributed by atoms with Crippen LogP contribution < -0.4 is 5.32 Å². The third kappa shape index (κ3) is 2.21. The Bertz CT molecular complexity index is 366. The van der Waals surface area contributed by atoms with E-state index in [4.69, 9.17) is 0 Å². The van der Waals surface area contributed by atoms with Gasteiger partial charge in [-0.1, -0.05) is 0 Å². The van der Waals surface area contributed by atoms with Gasteiger partial charge in [0, 0.05) is 33.9 Å². The van der Waals surface area contributed by atoms with Crippen LogP contribution in [0.2, 0.25) is 0 Å². The number of hydrogen-bond donors (Lipinski definition) is 1. The molecule has 16 heavy (non-hydrogen) atoms. The molecule has 88 valence electrons. The second-order valence-corrected chi connectivity index (χ2v) is 6.74. The maximum absolute atomic E-state index is 3.54. The molecule has 0 amide bonds. The molecule has 0 bridgehead atoms. The minimum atomic E-state index is 0.787. The molecule has 0 radical (unpaired) electrons. The molecule has 3 heterocycles. The van der Waals surface area contributed by atoms with E-state index in [1.165, 1.54) is 41.8 Å². The van der Waals surface area contributed by atoms with Gasteiger partial charge in [0.05, 0.1) is 0 Å². The minimum Gasteiger partial charge on any atom is -0.315 e. The quantitative estimate of drug-likeness (QED) is 0.903. The molecule has 2 aliphatic heterocycles. The molecular formula is C12H17BrN2S. The fourth-order valence-electron chi connectivity index (χ4n) is 3.00. The Labute approximate surface area is 109 Å². The van der Waals surface area contributed by atoms with Crippen LogP contribution in [-0.4, -0.2) is 30.6 Å². The Balaban J connectivity index is 1.69. The summed E-state index contributed by atoms with van der Waals surface area (Å²) < 4.78 is 1.23. The molecular weight excluding hydrogens is 284 g/mol. The Morgan fingerprint density at radius 3 is 3.25 bits per heavy atom. The lowest BCUT2D eigenvalue weighted by Gasteiger charge is -2.36. The lowest BCUT2D eigenvalue weighted by molar-refractivity contribution is 0.119. The van der Waals surface area contributed by atoms with E-state index in [1.807, 2.05) is 11.3 Å². The van der Waals surface area contributed by atoms with Crippen molar-refractivity contribution in [2.45, 2.75) is 25.4 Å². The zero-order chi connectivity index (χ0) is 11.0. The molecule has 0 aliphatic carbocycles. The second kappa shape index (κ2) is 4.77. The topological polar surface area (TPSA) is 15.3 Å². The average molecular weight is 301 g/mol.